The Morgan fingerprint density at radius 3 is 2.25 bits per heavy atom. The van der Waals surface area contributed by atoms with Gasteiger partial charge in [-0.05, 0) is 17.5 Å². The van der Waals surface area contributed by atoms with Crippen molar-refractivity contribution in [3.05, 3.63) is 84.4 Å². The molecule has 102 valence electrons. The standard InChI is InChI=1S/C18H19NO/c1-2-9-17(16-12-7-4-8-13-16)19-18(20)14-15-10-5-3-6-11-15/h2-8,10-13,17H,1,9,14H2,(H,19,20)/t17-/m0/s1. The van der Waals surface area contributed by atoms with E-state index in [0.717, 1.165) is 17.5 Å². The average molecular weight is 265 g/mol. The van der Waals surface area contributed by atoms with Gasteiger partial charge in [0.1, 0.15) is 0 Å². The van der Waals surface area contributed by atoms with Crippen molar-refractivity contribution in [2.75, 3.05) is 0 Å². The lowest BCUT2D eigenvalue weighted by molar-refractivity contribution is -0.121. The first-order chi connectivity index (χ1) is 9.79. The quantitative estimate of drug-likeness (QED) is 0.793. The molecule has 1 amide bonds. The van der Waals surface area contributed by atoms with Crippen LogP contribution >= 0.6 is 0 Å². The molecule has 0 saturated heterocycles. The summed E-state index contributed by atoms with van der Waals surface area (Å²) in [4.78, 5) is 12.1. The molecule has 0 radical (unpaired) electrons. The van der Waals surface area contributed by atoms with Crippen molar-refractivity contribution >= 4 is 5.91 Å². The van der Waals surface area contributed by atoms with Gasteiger partial charge in [0.25, 0.3) is 0 Å². The van der Waals surface area contributed by atoms with Crippen LogP contribution in [0.1, 0.15) is 23.6 Å². The molecule has 0 spiro atoms. The minimum Gasteiger partial charge on any atom is -0.349 e. The van der Waals surface area contributed by atoms with Gasteiger partial charge in [-0.1, -0.05) is 66.7 Å². The number of rotatable bonds is 6. The van der Waals surface area contributed by atoms with Gasteiger partial charge >= 0.3 is 0 Å². The number of benzene rings is 2. The van der Waals surface area contributed by atoms with E-state index in [9.17, 15) is 4.79 Å². The molecule has 20 heavy (non-hydrogen) atoms. The normalized spacial score (nSPS) is 11.6. The van der Waals surface area contributed by atoms with Gasteiger partial charge in [-0.2, -0.15) is 0 Å². The van der Waals surface area contributed by atoms with Gasteiger partial charge in [0.15, 0.2) is 0 Å². The van der Waals surface area contributed by atoms with Gasteiger partial charge < -0.3 is 5.32 Å². The smallest absolute Gasteiger partial charge is 0.224 e. The Kier molecular flexibility index (Phi) is 5.13. The van der Waals surface area contributed by atoms with Crippen molar-refractivity contribution in [1.29, 1.82) is 0 Å². The third kappa shape index (κ3) is 4.09. The van der Waals surface area contributed by atoms with Crippen molar-refractivity contribution in [3.8, 4) is 0 Å². The summed E-state index contributed by atoms with van der Waals surface area (Å²) in [5, 5.41) is 3.07. The monoisotopic (exact) mass is 265 g/mol. The number of amides is 1. The molecule has 0 aliphatic carbocycles. The molecule has 0 aliphatic rings. The highest BCUT2D eigenvalue weighted by Crippen LogP contribution is 2.17. The van der Waals surface area contributed by atoms with Crippen LogP contribution in [0.3, 0.4) is 0 Å². The maximum atomic E-state index is 12.1. The molecule has 2 heteroatoms. The summed E-state index contributed by atoms with van der Waals surface area (Å²) in [6, 6.07) is 19.7. The highest BCUT2D eigenvalue weighted by Gasteiger charge is 2.13. The molecule has 1 atom stereocenters. The molecule has 0 fully saturated rings. The van der Waals surface area contributed by atoms with Crippen LogP contribution in [0.5, 0.6) is 0 Å². The van der Waals surface area contributed by atoms with E-state index in [4.69, 9.17) is 0 Å². The fraction of sp³-hybridized carbons (Fsp3) is 0.167. The average Bonchev–Trinajstić information content (AvgIpc) is 2.49. The van der Waals surface area contributed by atoms with E-state index in [1.807, 2.05) is 66.7 Å². The first kappa shape index (κ1) is 14.1. The van der Waals surface area contributed by atoms with Crippen LogP contribution in [0, 0.1) is 0 Å². The maximum Gasteiger partial charge on any atom is 0.224 e. The molecule has 0 aliphatic heterocycles. The number of nitrogens with one attached hydrogen (secondary N) is 1. The summed E-state index contributed by atoms with van der Waals surface area (Å²) >= 11 is 0. The van der Waals surface area contributed by atoms with Crippen LogP contribution in [0.15, 0.2) is 73.3 Å². The Bertz CT molecular complexity index is 548. The molecule has 0 unspecified atom stereocenters. The Morgan fingerprint density at radius 1 is 1.05 bits per heavy atom. The summed E-state index contributed by atoms with van der Waals surface area (Å²) in [5.41, 5.74) is 2.13. The highest BCUT2D eigenvalue weighted by molar-refractivity contribution is 5.79. The first-order valence-electron chi connectivity index (χ1n) is 6.78. The van der Waals surface area contributed by atoms with E-state index >= 15 is 0 Å². The molecule has 2 aromatic rings. The third-order valence-corrected chi connectivity index (χ3v) is 3.15. The Morgan fingerprint density at radius 2 is 1.65 bits per heavy atom. The van der Waals surface area contributed by atoms with E-state index in [-0.39, 0.29) is 11.9 Å². The molecule has 2 aromatic carbocycles. The molecule has 1 N–H and O–H groups in total. The van der Waals surface area contributed by atoms with Gasteiger partial charge in [-0.15, -0.1) is 6.58 Å². The largest absolute Gasteiger partial charge is 0.349 e. The maximum absolute atomic E-state index is 12.1. The molecule has 2 nitrogen and oxygen atoms in total. The summed E-state index contributed by atoms with van der Waals surface area (Å²) in [5.74, 6) is 0.0342. The Hall–Kier alpha value is -2.35. The first-order valence-corrected chi connectivity index (χ1v) is 6.78. The van der Waals surface area contributed by atoms with Crippen molar-refractivity contribution in [2.45, 2.75) is 18.9 Å². The van der Waals surface area contributed by atoms with Crippen LogP contribution < -0.4 is 5.32 Å². The molecular formula is C18H19NO. The van der Waals surface area contributed by atoms with E-state index < -0.39 is 0 Å². The zero-order chi connectivity index (χ0) is 14.2. The van der Waals surface area contributed by atoms with Crippen molar-refractivity contribution in [2.24, 2.45) is 0 Å². The fourth-order valence-corrected chi connectivity index (χ4v) is 2.16. The molecule has 0 bridgehead atoms. The number of hydrogen-bond donors (Lipinski definition) is 1. The van der Waals surface area contributed by atoms with Gasteiger partial charge in [0.2, 0.25) is 5.91 Å². The van der Waals surface area contributed by atoms with Crippen molar-refractivity contribution in [1.82, 2.24) is 5.32 Å². The van der Waals surface area contributed by atoms with Gasteiger partial charge in [-0.3, -0.25) is 4.79 Å². The second-order valence-corrected chi connectivity index (χ2v) is 4.72. The van der Waals surface area contributed by atoms with E-state index in [0.29, 0.717) is 6.42 Å². The Labute approximate surface area is 120 Å². The van der Waals surface area contributed by atoms with E-state index in [1.165, 1.54) is 0 Å². The number of carbonyl (C=O) groups excluding carboxylic acids is 1. The lowest BCUT2D eigenvalue weighted by atomic mass is 10.0. The van der Waals surface area contributed by atoms with Gasteiger partial charge in [0.05, 0.1) is 12.5 Å². The zero-order valence-electron chi connectivity index (χ0n) is 11.5. The second kappa shape index (κ2) is 7.29. The molecular weight excluding hydrogens is 246 g/mol. The van der Waals surface area contributed by atoms with Crippen molar-refractivity contribution < 1.29 is 4.79 Å². The minimum atomic E-state index is -0.00934. The highest BCUT2D eigenvalue weighted by atomic mass is 16.1. The van der Waals surface area contributed by atoms with Gasteiger partial charge in [-0.25, -0.2) is 0 Å². The van der Waals surface area contributed by atoms with Crippen molar-refractivity contribution in [3.63, 3.8) is 0 Å². The SMILES string of the molecule is C=CC[C@H](NC(=O)Cc1ccccc1)c1ccccc1. The number of hydrogen-bond acceptors (Lipinski definition) is 1. The molecule has 2 rings (SSSR count). The summed E-state index contributed by atoms with van der Waals surface area (Å²) in [6.07, 6.45) is 2.96. The number of carbonyl (C=O) groups is 1. The summed E-state index contributed by atoms with van der Waals surface area (Å²) < 4.78 is 0. The molecule has 0 aromatic heterocycles. The van der Waals surface area contributed by atoms with Crippen LogP contribution in [-0.2, 0) is 11.2 Å². The van der Waals surface area contributed by atoms with Crippen LogP contribution in [0.2, 0.25) is 0 Å². The van der Waals surface area contributed by atoms with Gasteiger partial charge in [0, 0.05) is 0 Å². The zero-order valence-corrected chi connectivity index (χ0v) is 11.5. The second-order valence-electron chi connectivity index (χ2n) is 4.72. The Balaban J connectivity index is 2.01. The predicted octanol–water partition coefficient (Wildman–Crippen LogP) is 3.66. The molecule has 0 saturated carbocycles. The lowest BCUT2D eigenvalue weighted by Crippen LogP contribution is -2.29. The summed E-state index contributed by atoms with van der Waals surface area (Å²) in [6.45, 7) is 3.77. The topological polar surface area (TPSA) is 29.1 Å². The summed E-state index contributed by atoms with van der Waals surface area (Å²) in [7, 11) is 0. The minimum absolute atomic E-state index is 0.00934. The van der Waals surface area contributed by atoms with Crippen LogP contribution in [-0.4, -0.2) is 5.91 Å². The van der Waals surface area contributed by atoms with Crippen LogP contribution in [0.4, 0.5) is 0 Å². The molecule has 0 heterocycles. The third-order valence-electron chi connectivity index (χ3n) is 3.15. The lowest BCUT2D eigenvalue weighted by Gasteiger charge is -2.17. The van der Waals surface area contributed by atoms with Crippen LogP contribution in [0.25, 0.3) is 0 Å². The predicted molar refractivity (Wildman–Crippen MR) is 82.3 cm³/mol. The van der Waals surface area contributed by atoms with E-state index in [1.54, 1.807) is 0 Å². The fourth-order valence-electron chi connectivity index (χ4n) is 2.16. The van der Waals surface area contributed by atoms with E-state index in [2.05, 4.69) is 11.9 Å².